The smallest absolute Gasteiger partial charge is 0.341 e. The normalized spacial score (nSPS) is 30.6. The van der Waals surface area contributed by atoms with E-state index in [2.05, 4.69) is 10.5 Å². The molecular weight excluding hydrogens is 676 g/mol. The Morgan fingerprint density at radius 2 is 1.75 bits per heavy atom. The molecule has 1 saturated heterocycles. The Bertz CT molecular complexity index is 2000. The van der Waals surface area contributed by atoms with Crippen molar-refractivity contribution in [2.75, 3.05) is 27.9 Å². The molecule has 270 valence electrons. The number of rotatable bonds is 6. The molecule has 7 atom stereocenters. The van der Waals surface area contributed by atoms with Crippen molar-refractivity contribution < 1.29 is 73.7 Å². The number of methoxy groups -OCH3 is 3. The highest BCUT2D eigenvalue weighted by atomic mass is 16.6. The number of phenols is 2. The SMILES string of the molecule is COC(=O)c1c(C)cc2c(c1O)[C@]1(O)C(=O)c3cc4c(c(O)c3C(=O)[C@]1(OC)[C@H](O)C2)C(=O)C=C(N[C@H]1O[C@@H](C)[C@H](OC)/C(=N/O)[C@H]1CO)C4=O. The average Bonchev–Trinajstić information content (AvgIpc) is 3.08. The lowest BCUT2D eigenvalue weighted by molar-refractivity contribution is -0.181. The van der Waals surface area contributed by atoms with Gasteiger partial charge in [0.05, 0.1) is 54.4 Å². The van der Waals surface area contributed by atoms with Gasteiger partial charge >= 0.3 is 5.97 Å². The molecule has 1 heterocycles. The number of Topliss-reactive ketones (excluding diaryl/α,β-unsaturated/α-hetero) is 3. The molecule has 0 saturated carbocycles. The number of aryl methyl sites for hydroxylation is 1. The largest absolute Gasteiger partial charge is 0.507 e. The van der Waals surface area contributed by atoms with Crippen LogP contribution in [-0.2, 0) is 31.0 Å². The van der Waals surface area contributed by atoms with Gasteiger partial charge in [-0.2, -0.15) is 0 Å². The number of esters is 1. The Balaban J connectivity index is 1.51. The number of aromatic hydroxyl groups is 2. The first kappa shape index (κ1) is 35.8. The van der Waals surface area contributed by atoms with Gasteiger partial charge in [-0.3, -0.25) is 19.2 Å². The van der Waals surface area contributed by atoms with Crippen molar-refractivity contribution in [3.63, 3.8) is 0 Å². The molecule has 7 N–H and O–H groups in total. The predicted molar refractivity (Wildman–Crippen MR) is 169 cm³/mol. The van der Waals surface area contributed by atoms with Gasteiger partial charge in [-0.25, -0.2) is 4.79 Å². The van der Waals surface area contributed by atoms with Crippen molar-refractivity contribution in [2.24, 2.45) is 11.1 Å². The number of carbonyl (C=O) groups is 5. The predicted octanol–water partition coefficient (Wildman–Crippen LogP) is -0.187. The Hall–Kier alpha value is -5.04. The van der Waals surface area contributed by atoms with Gasteiger partial charge in [-0.1, -0.05) is 11.2 Å². The third-order valence-electron chi connectivity index (χ3n) is 10.2. The van der Waals surface area contributed by atoms with Crippen LogP contribution in [0.5, 0.6) is 11.5 Å². The molecule has 2 aromatic carbocycles. The minimum atomic E-state index is -3.25. The first-order valence-corrected chi connectivity index (χ1v) is 15.6. The van der Waals surface area contributed by atoms with Crippen molar-refractivity contribution in [3.05, 3.63) is 68.4 Å². The molecule has 17 nitrogen and oxygen atoms in total. The van der Waals surface area contributed by atoms with Gasteiger partial charge in [0.25, 0.3) is 0 Å². The summed E-state index contributed by atoms with van der Waals surface area (Å²) in [5, 5.41) is 72.5. The van der Waals surface area contributed by atoms with Gasteiger partial charge in [0.2, 0.25) is 17.3 Å². The summed E-state index contributed by atoms with van der Waals surface area (Å²) in [5.74, 6) is -8.91. The molecule has 0 unspecified atom stereocenters. The van der Waals surface area contributed by atoms with Crippen LogP contribution in [0.25, 0.3) is 0 Å². The van der Waals surface area contributed by atoms with Crippen molar-refractivity contribution in [2.45, 2.75) is 56.0 Å². The summed E-state index contributed by atoms with van der Waals surface area (Å²) < 4.78 is 21.4. The number of hydrogen-bond acceptors (Lipinski definition) is 17. The fraction of sp³-hybridized carbons (Fsp3) is 0.412. The number of nitrogens with one attached hydrogen (secondary N) is 1. The van der Waals surface area contributed by atoms with Crippen LogP contribution < -0.4 is 5.32 Å². The summed E-state index contributed by atoms with van der Waals surface area (Å²) in [6, 6.07) is 2.14. The number of hydrogen-bond donors (Lipinski definition) is 7. The summed E-state index contributed by atoms with van der Waals surface area (Å²) in [5.41, 5.74) is -10.4. The topological polar surface area (TPSA) is 268 Å². The second-order valence-electron chi connectivity index (χ2n) is 12.7. The zero-order valence-electron chi connectivity index (χ0n) is 27.8. The number of ether oxygens (including phenoxy) is 4. The van der Waals surface area contributed by atoms with Crippen LogP contribution in [0.2, 0.25) is 0 Å². The average molecular weight is 711 g/mol. The maximum absolute atomic E-state index is 14.6. The first-order valence-electron chi connectivity index (χ1n) is 15.6. The fourth-order valence-corrected chi connectivity index (χ4v) is 7.88. The van der Waals surface area contributed by atoms with Gasteiger partial charge in [0, 0.05) is 43.4 Å². The number of phenolic OH excluding ortho intramolecular Hbond substituents is 2. The molecule has 0 bridgehead atoms. The summed E-state index contributed by atoms with van der Waals surface area (Å²) in [6.07, 6.45) is -4.52. The summed E-state index contributed by atoms with van der Waals surface area (Å²) in [6.45, 7) is 2.37. The Kier molecular flexibility index (Phi) is 8.65. The van der Waals surface area contributed by atoms with Crippen LogP contribution in [0.15, 0.2) is 29.1 Å². The number of fused-ring (bicyclic) bond motifs is 5. The molecule has 0 spiro atoms. The Labute approximate surface area is 288 Å². The first-order chi connectivity index (χ1) is 24.1. The fourth-order valence-electron chi connectivity index (χ4n) is 7.88. The minimum absolute atomic E-state index is 0.0127. The highest BCUT2D eigenvalue weighted by molar-refractivity contribution is 6.31. The van der Waals surface area contributed by atoms with Crippen molar-refractivity contribution in [1.82, 2.24) is 5.32 Å². The lowest BCUT2D eigenvalue weighted by atomic mass is 9.56. The molecule has 0 radical (unpaired) electrons. The van der Waals surface area contributed by atoms with Gasteiger partial charge in [0.15, 0.2) is 17.0 Å². The van der Waals surface area contributed by atoms with E-state index in [0.29, 0.717) is 0 Å². The zero-order chi connectivity index (χ0) is 37.5. The maximum Gasteiger partial charge on any atom is 0.341 e. The van der Waals surface area contributed by atoms with E-state index in [1.165, 1.54) is 20.1 Å². The highest BCUT2D eigenvalue weighted by Crippen LogP contribution is 2.56. The molecule has 0 amide bonds. The number of allylic oxidation sites excluding steroid dienone is 2. The van der Waals surface area contributed by atoms with E-state index >= 15 is 0 Å². The van der Waals surface area contributed by atoms with Crippen molar-refractivity contribution in [3.8, 4) is 11.5 Å². The van der Waals surface area contributed by atoms with E-state index in [1.54, 1.807) is 6.92 Å². The van der Waals surface area contributed by atoms with Crippen LogP contribution in [0.3, 0.4) is 0 Å². The van der Waals surface area contributed by atoms with Gasteiger partial charge in [-0.05, 0) is 31.0 Å². The molecule has 0 aromatic heterocycles. The van der Waals surface area contributed by atoms with Crippen LogP contribution in [-0.4, -0.2) is 124 Å². The molecular formula is C34H34N2O15. The second kappa shape index (κ2) is 12.3. The number of aliphatic hydroxyl groups excluding tert-OH is 2. The number of benzene rings is 2. The monoisotopic (exact) mass is 710 g/mol. The second-order valence-corrected chi connectivity index (χ2v) is 12.7. The number of nitrogens with zero attached hydrogens (tertiary/aromatic N) is 1. The molecule has 51 heavy (non-hydrogen) atoms. The van der Waals surface area contributed by atoms with E-state index in [-0.39, 0.29) is 16.8 Å². The molecule has 17 heteroatoms. The van der Waals surface area contributed by atoms with E-state index in [4.69, 9.17) is 18.9 Å². The Morgan fingerprint density at radius 1 is 1.06 bits per heavy atom. The van der Waals surface area contributed by atoms with Crippen molar-refractivity contribution in [1.29, 1.82) is 0 Å². The van der Waals surface area contributed by atoms with Gasteiger partial charge < -0.3 is 55.0 Å². The number of ketones is 4. The third-order valence-corrected chi connectivity index (χ3v) is 10.2. The summed E-state index contributed by atoms with van der Waals surface area (Å²) in [4.78, 5) is 69.2. The lowest BCUT2D eigenvalue weighted by Crippen LogP contribution is -2.73. The lowest BCUT2D eigenvalue weighted by Gasteiger charge is -2.52. The minimum Gasteiger partial charge on any atom is -0.507 e. The molecule has 6 rings (SSSR count). The zero-order valence-corrected chi connectivity index (χ0v) is 27.8. The molecule has 2 aromatic rings. The van der Waals surface area contributed by atoms with E-state index in [0.717, 1.165) is 26.4 Å². The summed E-state index contributed by atoms with van der Waals surface area (Å²) in [7, 11) is 3.27. The number of carbonyl (C=O) groups excluding carboxylic acids is 5. The summed E-state index contributed by atoms with van der Waals surface area (Å²) >= 11 is 0. The standard InChI is InChI=1S/C34H34N2O15/c1-11-6-13-7-19(39)34(50-5)30(44)22-15(29(43)33(34,46)23(13)27(42)20(11)32(45)49-4)8-14-21(26(22)41)18(38)9-17(25(14)40)35-31-16(10-37)24(36-47)28(48-3)12(2)51-31/h6,8-9,12,16,19,28,31,35,37,39,41-42,46-47H,7,10H2,1-5H3/b36-24+/t12-,16+,19+,28-,31-,33-,34+/m0/s1. The van der Waals surface area contributed by atoms with E-state index < -0.39 is 134 Å². The number of aliphatic hydroxyl groups is 3. The van der Waals surface area contributed by atoms with Crippen LogP contribution in [0.1, 0.15) is 75.4 Å². The highest BCUT2D eigenvalue weighted by Gasteiger charge is 2.72. The van der Waals surface area contributed by atoms with E-state index in [9.17, 15) is 54.7 Å². The van der Waals surface area contributed by atoms with Crippen LogP contribution >= 0.6 is 0 Å². The van der Waals surface area contributed by atoms with Crippen LogP contribution in [0, 0.1) is 12.8 Å². The molecule has 1 fully saturated rings. The number of oxime groups is 1. The van der Waals surface area contributed by atoms with Crippen molar-refractivity contribution >= 4 is 34.8 Å². The Morgan fingerprint density at radius 3 is 2.33 bits per heavy atom. The third kappa shape index (κ3) is 4.56. The molecule has 3 aliphatic carbocycles. The van der Waals surface area contributed by atoms with E-state index in [1.807, 2.05) is 0 Å². The molecule has 4 aliphatic rings. The van der Waals surface area contributed by atoms with Gasteiger partial charge in [-0.15, -0.1) is 0 Å². The molecule has 1 aliphatic heterocycles. The maximum atomic E-state index is 14.6. The van der Waals surface area contributed by atoms with Crippen LogP contribution in [0.4, 0.5) is 0 Å². The quantitative estimate of drug-likeness (QED) is 0.116. The van der Waals surface area contributed by atoms with Gasteiger partial charge in [0.1, 0.15) is 29.4 Å².